The minimum absolute atomic E-state index is 0.0546. The van der Waals surface area contributed by atoms with Gasteiger partial charge in [0.15, 0.2) is 11.5 Å². The number of carbonyl (C=O) groups is 2. The molecule has 1 atom stereocenters. The van der Waals surface area contributed by atoms with Crippen molar-refractivity contribution in [1.82, 2.24) is 15.8 Å². The minimum Gasteiger partial charge on any atom is -0.493 e. The molecule has 1 aromatic carbocycles. The van der Waals surface area contributed by atoms with Gasteiger partial charge in [-0.2, -0.15) is 13.2 Å². The summed E-state index contributed by atoms with van der Waals surface area (Å²) in [5.41, 5.74) is 4.13. The van der Waals surface area contributed by atoms with Crippen LogP contribution in [-0.2, 0) is 11.0 Å². The normalized spacial score (nSPS) is 16.0. The highest BCUT2D eigenvalue weighted by Gasteiger charge is 2.37. The van der Waals surface area contributed by atoms with Crippen molar-refractivity contribution in [3.63, 3.8) is 0 Å². The van der Waals surface area contributed by atoms with Gasteiger partial charge in [0.2, 0.25) is 5.91 Å². The zero-order chi connectivity index (χ0) is 24.7. The maximum atomic E-state index is 13.4. The van der Waals surface area contributed by atoms with E-state index in [2.05, 4.69) is 15.8 Å². The van der Waals surface area contributed by atoms with Gasteiger partial charge in [-0.05, 0) is 49.6 Å². The van der Waals surface area contributed by atoms with Gasteiger partial charge in [-0.15, -0.1) is 0 Å². The standard InChI is InChI=1S/C23H27F3N4O4/c1-3-12-34-18-9-8-15(13-19(18)33-2)21(31)28-29-22(32)16-6-5-11-30(14-16)20-17(23(24,25)26)7-4-10-27-20/h4,7-10,13,16H,3,5-6,11-12,14H2,1-2H3,(H,28,31)(H,29,32). The molecule has 8 nitrogen and oxygen atoms in total. The van der Waals surface area contributed by atoms with E-state index in [4.69, 9.17) is 9.47 Å². The molecule has 2 aromatic rings. The molecule has 2 amide bonds. The lowest BCUT2D eigenvalue weighted by Gasteiger charge is -2.34. The van der Waals surface area contributed by atoms with E-state index >= 15 is 0 Å². The molecule has 3 rings (SSSR count). The van der Waals surface area contributed by atoms with Gasteiger partial charge >= 0.3 is 6.18 Å². The van der Waals surface area contributed by atoms with E-state index in [0.29, 0.717) is 37.5 Å². The first-order chi connectivity index (χ1) is 16.2. The SMILES string of the molecule is CCCOc1ccc(C(=O)NNC(=O)C2CCCN(c3ncccc3C(F)(F)F)C2)cc1OC. The molecule has 184 valence electrons. The Bertz CT molecular complexity index is 1020. The predicted octanol–water partition coefficient (Wildman–Crippen LogP) is 3.58. The topological polar surface area (TPSA) is 92.8 Å². The van der Waals surface area contributed by atoms with Gasteiger partial charge in [-0.25, -0.2) is 4.98 Å². The number of carbonyl (C=O) groups excluding carboxylic acids is 2. The fourth-order valence-electron chi connectivity index (χ4n) is 3.69. The van der Waals surface area contributed by atoms with Crippen LogP contribution in [0.25, 0.3) is 0 Å². The summed E-state index contributed by atoms with van der Waals surface area (Å²) in [6.07, 6.45) is -1.46. The van der Waals surface area contributed by atoms with Crippen LogP contribution in [0, 0.1) is 5.92 Å². The molecule has 2 N–H and O–H groups in total. The molecule has 1 saturated heterocycles. The van der Waals surface area contributed by atoms with Crippen LogP contribution in [0.15, 0.2) is 36.5 Å². The van der Waals surface area contributed by atoms with Gasteiger partial charge in [0, 0.05) is 24.8 Å². The van der Waals surface area contributed by atoms with Crippen molar-refractivity contribution >= 4 is 17.6 Å². The summed E-state index contributed by atoms with van der Waals surface area (Å²) < 4.78 is 50.9. The summed E-state index contributed by atoms with van der Waals surface area (Å²) in [4.78, 5) is 30.5. The van der Waals surface area contributed by atoms with Crippen molar-refractivity contribution in [2.45, 2.75) is 32.4 Å². The van der Waals surface area contributed by atoms with Crippen LogP contribution in [0.2, 0.25) is 0 Å². The van der Waals surface area contributed by atoms with E-state index in [-0.39, 0.29) is 17.9 Å². The maximum Gasteiger partial charge on any atom is 0.419 e. The van der Waals surface area contributed by atoms with Gasteiger partial charge in [-0.1, -0.05) is 6.92 Å². The van der Waals surface area contributed by atoms with Crippen molar-refractivity contribution in [1.29, 1.82) is 0 Å². The minimum atomic E-state index is -4.55. The number of ether oxygens (including phenoxy) is 2. The summed E-state index contributed by atoms with van der Waals surface area (Å²) in [5, 5.41) is 0. The Morgan fingerprint density at radius 2 is 2.00 bits per heavy atom. The number of hydrogen-bond donors (Lipinski definition) is 2. The number of benzene rings is 1. The van der Waals surface area contributed by atoms with E-state index in [1.165, 1.54) is 36.4 Å². The lowest BCUT2D eigenvalue weighted by molar-refractivity contribution is -0.137. The second kappa shape index (κ2) is 11.1. The number of halogens is 3. The first-order valence-corrected chi connectivity index (χ1v) is 10.9. The second-order valence-electron chi connectivity index (χ2n) is 7.81. The number of hydrogen-bond acceptors (Lipinski definition) is 6. The molecule has 1 fully saturated rings. The molecular formula is C23H27F3N4O4. The van der Waals surface area contributed by atoms with E-state index in [1.54, 1.807) is 6.07 Å². The Kier molecular flexibility index (Phi) is 8.19. The van der Waals surface area contributed by atoms with E-state index in [1.807, 2.05) is 6.92 Å². The summed E-state index contributed by atoms with van der Waals surface area (Å²) in [6.45, 7) is 2.87. The van der Waals surface area contributed by atoms with Crippen LogP contribution in [-0.4, -0.2) is 43.6 Å². The molecule has 1 aliphatic rings. The van der Waals surface area contributed by atoms with Crippen LogP contribution in [0.4, 0.5) is 19.0 Å². The number of pyridine rings is 1. The Morgan fingerprint density at radius 1 is 1.21 bits per heavy atom. The number of methoxy groups -OCH3 is 1. The number of amides is 2. The van der Waals surface area contributed by atoms with Crippen LogP contribution in [0.3, 0.4) is 0 Å². The van der Waals surface area contributed by atoms with Gasteiger partial charge in [0.05, 0.1) is 25.2 Å². The van der Waals surface area contributed by atoms with E-state index in [9.17, 15) is 22.8 Å². The van der Waals surface area contributed by atoms with Gasteiger partial charge in [-0.3, -0.25) is 20.4 Å². The summed E-state index contributed by atoms with van der Waals surface area (Å²) in [6, 6.07) is 6.84. The lowest BCUT2D eigenvalue weighted by Crippen LogP contribution is -2.49. The average molecular weight is 480 g/mol. The molecule has 11 heteroatoms. The number of nitrogens with one attached hydrogen (secondary N) is 2. The highest BCUT2D eigenvalue weighted by Crippen LogP contribution is 2.36. The third kappa shape index (κ3) is 6.09. The van der Waals surface area contributed by atoms with Gasteiger partial charge in [0.25, 0.3) is 5.91 Å². The molecule has 0 saturated carbocycles. The number of hydrazine groups is 1. The quantitative estimate of drug-likeness (QED) is 0.589. The predicted molar refractivity (Wildman–Crippen MR) is 119 cm³/mol. The molecular weight excluding hydrogens is 453 g/mol. The monoisotopic (exact) mass is 480 g/mol. The molecule has 1 unspecified atom stereocenters. The largest absolute Gasteiger partial charge is 0.493 e. The number of nitrogens with zero attached hydrogens (tertiary/aromatic N) is 2. The summed E-state index contributed by atoms with van der Waals surface area (Å²) >= 11 is 0. The molecule has 2 heterocycles. The molecule has 1 aromatic heterocycles. The third-order valence-electron chi connectivity index (χ3n) is 5.37. The van der Waals surface area contributed by atoms with Crippen molar-refractivity contribution in [2.24, 2.45) is 5.92 Å². The van der Waals surface area contributed by atoms with Crippen molar-refractivity contribution in [2.75, 3.05) is 31.7 Å². The Labute approximate surface area is 195 Å². The van der Waals surface area contributed by atoms with Gasteiger partial charge in [0.1, 0.15) is 5.82 Å². The first-order valence-electron chi connectivity index (χ1n) is 10.9. The summed E-state index contributed by atoms with van der Waals surface area (Å²) in [5.74, 6) is -0.987. The third-order valence-corrected chi connectivity index (χ3v) is 5.37. The number of alkyl halides is 3. The van der Waals surface area contributed by atoms with Crippen LogP contribution >= 0.6 is 0 Å². The average Bonchev–Trinajstić information content (AvgIpc) is 2.85. The molecule has 1 aliphatic heterocycles. The fraction of sp³-hybridized carbons (Fsp3) is 0.435. The zero-order valence-corrected chi connectivity index (χ0v) is 18.9. The summed E-state index contributed by atoms with van der Waals surface area (Å²) in [7, 11) is 1.46. The van der Waals surface area contributed by atoms with Crippen molar-refractivity contribution in [3.05, 3.63) is 47.7 Å². The van der Waals surface area contributed by atoms with Crippen LogP contribution in [0.1, 0.15) is 42.1 Å². The fourth-order valence-corrected chi connectivity index (χ4v) is 3.69. The molecule has 0 bridgehead atoms. The molecule has 0 aliphatic carbocycles. The van der Waals surface area contributed by atoms with Crippen LogP contribution < -0.4 is 25.2 Å². The molecule has 34 heavy (non-hydrogen) atoms. The molecule has 0 radical (unpaired) electrons. The number of aromatic nitrogens is 1. The highest BCUT2D eigenvalue weighted by atomic mass is 19.4. The number of piperidine rings is 1. The smallest absolute Gasteiger partial charge is 0.419 e. The van der Waals surface area contributed by atoms with Gasteiger partial charge < -0.3 is 14.4 Å². The van der Waals surface area contributed by atoms with E-state index < -0.39 is 29.5 Å². The Morgan fingerprint density at radius 3 is 2.71 bits per heavy atom. The molecule has 0 spiro atoms. The first kappa shape index (κ1) is 25.1. The zero-order valence-electron chi connectivity index (χ0n) is 18.9. The Balaban J connectivity index is 1.62. The van der Waals surface area contributed by atoms with Crippen LogP contribution in [0.5, 0.6) is 11.5 Å². The van der Waals surface area contributed by atoms with E-state index in [0.717, 1.165) is 12.5 Å². The Hall–Kier alpha value is -3.50. The number of rotatable bonds is 7. The highest BCUT2D eigenvalue weighted by molar-refractivity contribution is 5.96. The maximum absolute atomic E-state index is 13.4. The van der Waals surface area contributed by atoms with Crippen molar-refractivity contribution in [3.8, 4) is 11.5 Å². The lowest BCUT2D eigenvalue weighted by atomic mass is 9.97. The second-order valence-corrected chi connectivity index (χ2v) is 7.81. The van der Waals surface area contributed by atoms with Crippen molar-refractivity contribution < 1.29 is 32.2 Å². The number of anilines is 1.